The minimum absolute atomic E-state index is 0.200. The largest absolute Gasteiger partial charge is 0.347 e. The number of nitrogens with one attached hydrogen (secondary N) is 1. The lowest BCUT2D eigenvalue weighted by atomic mass is 10.0. The van der Waals surface area contributed by atoms with E-state index in [4.69, 9.17) is 9.47 Å². The minimum Gasteiger partial charge on any atom is -0.347 e. The third-order valence-electron chi connectivity index (χ3n) is 4.26. The van der Waals surface area contributed by atoms with Gasteiger partial charge in [-0.15, -0.1) is 0 Å². The van der Waals surface area contributed by atoms with Crippen molar-refractivity contribution in [2.45, 2.75) is 31.6 Å². The molecule has 2 aliphatic rings. The summed E-state index contributed by atoms with van der Waals surface area (Å²) in [5, 5.41) is 3.28. The molecule has 6 nitrogen and oxygen atoms in total. The Labute approximate surface area is 130 Å². The van der Waals surface area contributed by atoms with Gasteiger partial charge in [0, 0.05) is 57.8 Å². The minimum atomic E-state index is -0.407. The van der Waals surface area contributed by atoms with E-state index in [-0.39, 0.29) is 5.91 Å². The van der Waals surface area contributed by atoms with E-state index < -0.39 is 5.79 Å². The summed E-state index contributed by atoms with van der Waals surface area (Å²) in [5.74, 6) is -0.207. The van der Waals surface area contributed by atoms with Gasteiger partial charge in [0.15, 0.2) is 5.79 Å². The maximum absolute atomic E-state index is 12.2. The molecular formula is C16H23N3O3. The van der Waals surface area contributed by atoms with Crippen molar-refractivity contribution in [2.24, 2.45) is 0 Å². The van der Waals surface area contributed by atoms with Crippen molar-refractivity contribution in [2.75, 3.05) is 32.8 Å². The Morgan fingerprint density at radius 2 is 2.09 bits per heavy atom. The highest BCUT2D eigenvalue weighted by Crippen LogP contribution is 2.31. The predicted octanol–water partition coefficient (Wildman–Crippen LogP) is 0.927. The standard InChI is InChI=1S/C16H23N3O3/c20-15(3-7-18-13-14-2-1-6-17-12-14)19-8-4-16(5-9-19)21-10-11-22-16/h1-2,6,12,18H,3-5,7-11,13H2. The Morgan fingerprint density at radius 3 is 2.77 bits per heavy atom. The molecule has 2 fully saturated rings. The molecule has 1 N–H and O–H groups in total. The normalized spacial score (nSPS) is 20.5. The molecular weight excluding hydrogens is 282 g/mol. The van der Waals surface area contributed by atoms with Crippen molar-refractivity contribution in [3.63, 3.8) is 0 Å². The highest BCUT2D eigenvalue weighted by Gasteiger charge is 2.40. The SMILES string of the molecule is O=C(CCNCc1cccnc1)N1CCC2(CC1)OCCO2. The van der Waals surface area contributed by atoms with Gasteiger partial charge in [-0.2, -0.15) is 0 Å². The van der Waals surface area contributed by atoms with Gasteiger partial charge in [0.2, 0.25) is 5.91 Å². The van der Waals surface area contributed by atoms with Crippen molar-refractivity contribution >= 4 is 5.91 Å². The first kappa shape index (κ1) is 15.4. The lowest BCUT2D eigenvalue weighted by Gasteiger charge is -2.37. The number of ether oxygens (including phenoxy) is 2. The Balaban J connectivity index is 1.34. The number of likely N-dealkylation sites (tertiary alicyclic amines) is 1. The van der Waals surface area contributed by atoms with Crippen molar-refractivity contribution in [3.05, 3.63) is 30.1 Å². The fourth-order valence-corrected chi connectivity index (χ4v) is 2.97. The molecule has 0 atom stereocenters. The molecule has 0 unspecified atom stereocenters. The van der Waals surface area contributed by atoms with Gasteiger partial charge in [-0.05, 0) is 11.6 Å². The summed E-state index contributed by atoms with van der Waals surface area (Å²) in [7, 11) is 0. The zero-order chi connectivity index (χ0) is 15.3. The summed E-state index contributed by atoms with van der Waals surface area (Å²) in [6.07, 6.45) is 5.67. The van der Waals surface area contributed by atoms with Gasteiger partial charge in [0.25, 0.3) is 0 Å². The average Bonchev–Trinajstić information content (AvgIpc) is 3.01. The number of carbonyl (C=O) groups is 1. The van der Waals surface area contributed by atoms with Crippen LogP contribution >= 0.6 is 0 Å². The van der Waals surface area contributed by atoms with Crippen LogP contribution in [0.1, 0.15) is 24.8 Å². The molecule has 0 bridgehead atoms. The van der Waals surface area contributed by atoms with E-state index in [9.17, 15) is 4.79 Å². The maximum Gasteiger partial charge on any atom is 0.223 e. The molecule has 0 radical (unpaired) electrons. The maximum atomic E-state index is 12.2. The summed E-state index contributed by atoms with van der Waals surface area (Å²) in [6.45, 7) is 4.22. The van der Waals surface area contributed by atoms with Gasteiger partial charge in [0.05, 0.1) is 13.2 Å². The molecule has 3 rings (SSSR count). The van der Waals surface area contributed by atoms with Gasteiger partial charge >= 0.3 is 0 Å². The quantitative estimate of drug-likeness (QED) is 0.820. The number of nitrogens with zero attached hydrogens (tertiary/aromatic N) is 2. The van der Waals surface area contributed by atoms with Crippen LogP contribution in [-0.4, -0.2) is 54.4 Å². The van der Waals surface area contributed by atoms with E-state index >= 15 is 0 Å². The number of aromatic nitrogens is 1. The van der Waals surface area contributed by atoms with E-state index in [2.05, 4.69) is 10.3 Å². The fourth-order valence-electron chi connectivity index (χ4n) is 2.97. The first-order chi connectivity index (χ1) is 10.8. The first-order valence-electron chi connectivity index (χ1n) is 7.93. The number of carbonyl (C=O) groups excluding carboxylic acids is 1. The zero-order valence-corrected chi connectivity index (χ0v) is 12.8. The van der Waals surface area contributed by atoms with Crippen LogP contribution in [-0.2, 0) is 20.8 Å². The van der Waals surface area contributed by atoms with Crippen LogP contribution in [0.4, 0.5) is 0 Å². The lowest BCUT2D eigenvalue weighted by Crippen LogP contribution is -2.47. The van der Waals surface area contributed by atoms with Crippen LogP contribution in [0, 0.1) is 0 Å². The van der Waals surface area contributed by atoms with Gasteiger partial charge < -0.3 is 19.7 Å². The number of piperidine rings is 1. The lowest BCUT2D eigenvalue weighted by molar-refractivity contribution is -0.187. The highest BCUT2D eigenvalue weighted by atomic mass is 16.7. The predicted molar refractivity (Wildman–Crippen MR) is 81.0 cm³/mol. The number of hydrogen-bond donors (Lipinski definition) is 1. The van der Waals surface area contributed by atoms with Crippen molar-refractivity contribution in [1.82, 2.24) is 15.2 Å². The summed E-state index contributed by atoms with van der Waals surface area (Å²) in [5.41, 5.74) is 1.13. The molecule has 0 aromatic carbocycles. The van der Waals surface area contributed by atoms with E-state index in [1.165, 1.54) is 0 Å². The number of rotatable bonds is 5. The van der Waals surface area contributed by atoms with E-state index in [1.807, 2.05) is 23.2 Å². The highest BCUT2D eigenvalue weighted by molar-refractivity contribution is 5.76. The topological polar surface area (TPSA) is 63.7 Å². The molecule has 2 saturated heterocycles. The van der Waals surface area contributed by atoms with E-state index in [0.717, 1.165) is 38.0 Å². The molecule has 0 aliphatic carbocycles. The van der Waals surface area contributed by atoms with Crippen LogP contribution in [0.5, 0.6) is 0 Å². The Hall–Kier alpha value is -1.50. The second-order valence-corrected chi connectivity index (χ2v) is 5.78. The number of hydrogen-bond acceptors (Lipinski definition) is 5. The molecule has 1 amide bonds. The molecule has 22 heavy (non-hydrogen) atoms. The van der Waals surface area contributed by atoms with Crippen molar-refractivity contribution in [3.8, 4) is 0 Å². The average molecular weight is 305 g/mol. The van der Waals surface area contributed by atoms with Gasteiger partial charge in [0.1, 0.15) is 0 Å². The summed E-state index contributed by atoms with van der Waals surface area (Å²) in [6, 6.07) is 3.94. The molecule has 6 heteroatoms. The summed E-state index contributed by atoms with van der Waals surface area (Å²) < 4.78 is 11.4. The summed E-state index contributed by atoms with van der Waals surface area (Å²) >= 11 is 0. The van der Waals surface area contributed by atoms with Crippen molar-refractivity contribution in [1.29, 1.82) is 0 Å². The second-order valence-electron chi connectivity index (χ2n) is 5.78. The zero-order valence-electron chi connectivity index (χ0n) is 12.8. The third-order valence-corrected chi connectivity index (χ3v) is 4.26. The third kappa shape index (κ3) is 3.82. The van der Waals surface area contributed by atoms with Crippen molar-refractivity contribution < 1.29 is 14.3 Å². The smallest absolute Gasteiger partial charge is 0.223 e. The number of pyridine rings is 1. The number of amides is 1. The molecule has 1 aromatic heterocycles. The molecule has 3 heterocycles. The van der Waals surface area contributed by atoms with Crippen LogP contribution < -0.4 is 5.32 Å². The van der Waals surface area contributed by atoms with Crippen LogP contribution in [0.3, 0.4) is 0 Å². The first-order valence-corrected chi connectivity index (χ1v) is 7.93. The van der Waals surface area contributed by atoms with Crippen LogP contribution in [0.2, 0.25) is 0 Å². The molecule has 120 valence electrons. The van der Waals surface area contributed by atoms with E-state index in [0.29, 0.717) is 26.2 Å². The second kappa shape index (κ2) is 7.17. The molecule has 0 saturated carbocycles. The Bertz CT molecular complexity index is 479. The summed E-state index contributed by atoms with van der Waals surface area (Å²) in [4.78, 5) is 18.2. The molecule has 1 spiro atoms. The molecule has 1 aromatic rings. The van der Waals surface area contributed by atoms with Gasteiger partial charge in [-0.1, -0.05) is 6.07 Å². The van der Waals surface area contributed by atoms with Gasteiger partial charge in [-0.3, -0.25) is 9.78 Å². The Morgan fingerprint density at radius 1 is 1.32 bits per heavy atom. The van der Waals surface area contributed by atoms with Crippen LogP contribution in [0.15, 0.2) is 24.5 Å². The van der Waals surface area contributed by atoms with Gasteiger partial charge in [-0.25, -0.2) is 0 Å². The van der Waals surface area contributed by atoms with E-state index in [1.54, 1.807) is 6.20 Å². The van der Waals surface area contributed by atoms with Crippen LogP contribution in [0.25, 0.3) is 0 Å². The fraction of sp³-hybridized carbons (Fsp3) is 0.625. The monoisotopic (exact) mass is 305 g/mol. The molecule has 2 aliphatic heterocycles. The Kier molecular flexibility index (Phi) is 5.02.